The van der Waals surface area contributed by atoms with Crippen LogP contribution in [0.25, 0.3) is 0 Å². The maximum atomic E-state index is 12.1. The highest BCUT2D eigenvalue weighted by atomic mass is 32.2. The van der Waals surface area contributed by atoms with Gasteiger partial charge >= 0.3 is 0 Å². The third-order valence-corrected chi connectivity index (χ3v) is 4.95. The fourth-order valence-electron chi connectivity index (χ4n) is 1.61. The minimum absolute atomic E-state index is 0.228. The summed E-state index contributed by atoms with van der Waals surface area (Å²) in [6.45, 7) is 4.38. The molecule has 0 spiro atoms. The quantitative estimate of drug-likeness (QED) is 0.923. The molecular weight excluding hydrogens is 280 g/mol. The Labute approximate surface area is 117 Å². The molecule has 0 saturated carbocycles. The van der Waals surface area contributed by atoms with Crippen LogP contribution in [0.4, 0.5) is 0 Å². The molecule has 2 aromatic rings. The molecular formula is C13H16N2O2S2. The molecule has 0 aliphatic rings. The Morgan fingerprint density at radius 2 is 1.95 bits per heavy atom. The van der Waals surface area contributed by atoms with Gasteiger partial charge in [-0.1, -0.05) is 26.0 Å². The van der Waals surface area contributed by atoms with E-state index in [1.54, 1.807) is 18.3 Å². The van der Waals surface area contributed by atoms with E-state index in [1.165, 1.54) is 11.3 Å². The Bertz CT molecular complexity index is 617. The van der Waals surface area contributed by atoms with Crippen molar-refractivity contribution in [3.8, 4) is 0 Å². The number of rotatable bonds is 5. The lowest BCUT2D eigenvalue weighted by Gasteiger charge is -2.08. The molecule has 0 aliphatic heterocycles. The van der Waals surface area contributed by atoms with Crippen molar-refractivity contribution in [2.45, 2.75) is 31.2 Å². The molecule has 0 bridgehead atoms. The molecule has 19 heavy (non-hydrogen) atoms. The molecule has 0 fully saturated rings. The molecule has 1 aromatic carbocycles. The number of hydrogen-bond acceptors (Lipinski definition) is 4. The van der Waals surface area contributed by atoms with E-state index in [2.05, 4.69) is 23.6 Å². The number of aromatic nitrogens is 1. The summed E-state index contributed by atoms with van der Waals surface area (Å²) in [4.78, 5) is 4.33. The first kappa shape index (κ1) is 14.2. The van der Waals surface area contributed by atoms with Gasteiger partial charge in [-0.3, -0.25) is 0 Å². The number of thiazole rings is 1. The van der Waals surface area contributed by atoms with Crippen LogP contribution < -0.4 is 4.72 Å². The second-order valence-corrected chi connectivity index (χ2v) is 7.22. The van der Waals surface area contributed by atoms with Crippen molar-refractivity contribution in [1.82, 2.24) is 9.71 Å². The van der Waals surface area contributed by atoms with Crippen molar-refractivity contribution in [2.24, 2.45) is 0 Å². The van der Waals surface area contributed by atoms with Gasteiger partial charge in [-0.15, -0.1) is 11.3 Å². The van der Waals surface area contributed by atoms with Gasteiger partial charge in [-0.05, 0) is 23.6 Å². The van der Waals surface area contributed by atoms with Crippen LogP contribution in [0.5, 0.6) is 0 Å². The van der Waals surface area contributed by atoms with Gasteiger partial charge in [0.1, 0.15) is 5.01 Å². The van der Waals surface area contributed by atoms with E-state index in [-0.39, 0.29) is 11.4 Å². The SMILES string of the molecule is CC(C)c1ccc(S(=O)(=O)NCc2nccs2)cc1. The van der Waals surface area contributed by atoms with Crippen molar-refractivity contribution in [3.63, 3.8) is 0 Å². The van der Waals surface area contributed by atoms with Crippen molar-refractivity contribution >= 4 is 21.4 Å². The highest BCUT2D eigenvalue weighted by Crippen LogP contribution is 2.17. The van der Waals surface area contributed by atoms with Gasteiger partial charge in [0.05, 0.1) is 11.4 Å². The van der Waals surface area contributed by atoms with Crippen molar-refractivity contribution < 1.29 is 8.42 Å². The van der Waals surface area contributed by atoms with Crippen LogP contribution in [0, 0.1) is 0 Å². The Kier molecular flexibility index (Phi) is 4.34. The normalized spacial score (nSPS) is 11.9. The van der Waals surface area contributed by atoms with Gasteiger partial charge in [0.25, 0.3) is 0 Å². The van der Waals surface area contributed by atoms with E-state index in [0.717, 1.165) is 10.6 Å². The lowest BCUT2D eigenvalue weighted by atomic mass is 10.0. The lowest BCUT2D eigenvalue weighted by Crippen LogP contribution is -2.23. The predicted octanol–water partition coefficient (Wildman–Crippen LogP) is 2.75. The second kappa shape index (κ2) is 5.81. The van der Waals surface area contributed by atoms with Crippen LogP contribution in [0.2, 0.25) is 0 Å². The van der Waals surface area contributed by atoms with Crippen LogP contribution in [-0.4, -0.2) is 13.4 Å². The summed E-state index contributed by atoms with van der Waals surface area (Å²) in [7, 11) is -3.46. The summed E-state index contributed by atoms with van der Waals surface area (Å²) in [5.41, 5.74) is 1.12. The van der Waals surface area contributed by atoms with Crippen molar-refractivity contribution in [3.05, 3.63) is 46.4 Å². The van der Waals surface area contributed by atoms with Crippen molar-refractivity contribution in [1.29, 1.82) is 0 Å². The highest BCUT2D eigenvalue weighted by Gasteiger charge is 2.14. The van der Waals surface area contributed by atoms with Gasteiger partial charge < -0.3 is 0 Å². The van der Waals surface area contributed by atoms with E-state index in [1.807, 2.05) is 17.5 Å². The molecule has 1 heterocycles. The van der Waals surface area contributed by atoms with E-state index in [9.17, 15) is 8.42 Å². The minimum Gasteiger partial charge on any atom is -0.248 e. The molecule has 0 atom stereocenters. The number of benzene rings is 1. The second-order valence-electron chi connectivity index (χ2n) is 4.47. The first-order valence-corrected chi connectivity index (χ1v) is 8.33. The average molecular weight is 296 g/mol. The Balaban J connectivity index is 2.10. The number of nitrogens with one attached hydrogen (secondary N) is 1. The standard InChI is InChI=1S/C13H16N2O2S2/c1-10(2)11-3-5-12(6-4-11)19(16,17)15-9-13-14-7-8-18-13/h3-8,10,15H,9H2,1-2H3. The zero-order valence-electron chi connectivity index (χ0n) is 10.8. The van der Waals surface area contributed by atoms with E-state index in [4.69, 9.17) is 0 Å². The number of hydrogen-bond donors (Lipinski definition) is 1. The zero-order valence-corrected chi connectivity index (χ0v) is 12.5. The van der Waals surface area contributed by atoms with Gasteiger partial charge in [-0.2, -0.15) is 0 Å². The Morgan fingerprint density at radius 3 is 2.47 bits per heavy atom. The average Bonchev–Trinajstić information content (AvgIpc) is 2.90. The Morgan fingerprint density at radius 1 is 1.26 bits per heavy atom. The number of sulfonamides is 1. The van der Waals surface area contributed by atoms with E-state index in [0.29, 0.717) is 5.92 Å². The minimum atomic E-state index is -3.46. The van der Waals surface area contributed by atoms with Gasteiger partial charge in [-0.25, -0.2) is 18.1 Å². The van der Waals surface area contributed by atoms with Crippen molar-refractivity contribution in [2.75, 3.05) is 0 Å². The van der Waals surface area contributed by atoms with Gasteiger partial charge in [0.15, 0.2) is 0 Å². The first-order valence-electron chi connectivity index (χ1n) is 5.97. The van der Waals surface area contributed by atoms with E-state index >= 15 is 0 Å². The molecule has 1 aromatic heterocycles. The van der Waals surface area contributed by atoms with E-state index < -0.39 is 10.0 Å². The Hall–Kier alpha value is -1.24. The largest absolute Gasteiger partial charge is 0.248 e. The first-order chi connectivity index (χ1) is 8.99. The summed E-state index contributed by atoms with van der Waals surface area (Å²) in [6.07, 6.45) is 1.66. The molecule has 6 heteroatoms. The summed E-state index contributed by atoms with van der Waals surface area (Å²) in [5, 5.41) is 2.57. The molecule has 1 N–H and O–H groups in total. The van der Waals surface area contributed by atoms with Crippen LogP contribution in [0.1, 0.15) is 30.3 Å². The molecule has 102 valence electrons. The fraction of sp³-hybridized carbons (Fsp3) is 0.308. The van der Waals surface area contributed by atoms with Crippen LogP contribution in [0.15, 0.2) is 40.7 Å². The summed E-state index contributed by atoms with van der Waals surface area (Å²) in [6, 6.07) is 6.98. The fourth-order valence-corrected chi connectivity index (χ4v) is 3.25. The third-order valence-electron chi connectivity index (χ3n) is 2.75. The lowest BCUT2D eigenvalue weighted by molar-refractivity contribution is 0.581. The van der Waals surface area contributed by atoms with Gasteiger partial charge in [0.2, 0.25) is 10.0 Å². The molecule has 4 nitrogen and oxygen atoms in total. The third kappa shape index (κ3) is 3.62. The summed E-state index contributed by atoms with van der Waals surface area (Å²) in [5.74, 6) is 0.389. The number of nitrogens with zero attached hydrogens (tertiary/aromatic N) is 1. The van der Waals surface area contributed by atoms with Gasteiger partial charge in [0, 0.05) is 11.6 Å². The molecule has 2 rings (SSSR count). The maximum Gasteiger partial charge on any atom is 0.240 e. The highest BCUT2D eigenvalue weighted by molar-refractivity contribution is 7.89. The monoisotopic (exact) mass is 296 g/mol. The molecule has 0 unspecified atom stereocenters. The molecule has 0 radical (unpaired) electrons. The molecule has 0 aliphatic carbocycles. The summed E-state index contributed by atoms with van der Waals surface area (Å²) < 4.78 is 26.7. The smallest absolute Gasteiger partial charge is 0.240 e. The van der Waals surface area contributed by atoms with Crippen LogP contribution in [0.3, 0.4) is 0 Å². The zero-order chi connectivity index (χ0) is 13.9. The summed E-state index contributed by atoms with van der Waals surface area (Å²) >= 11 is 1.43. The van der Waals surface area contributed by atoms with Crippen LogP contribution >= 0.6 is 11.3 Å². The predicted molar refractivity (Wildman–Crippen MR) is 76.7 cm³/mol. The molecule has 0 amide bonds. The van der Waals surface area contributed by atoms with Crippen LogP contribution in [-0.2, 0) is 16.6 Å². The maximum absolute atomic E-state index is 12.1. The topological polar surface area (TPSA) is 59.1 Å². The molecule has 0 saturated heterocycles.